The van der Waals surface area contributed by atoms with Gasteiger partial charge in [0.25, 0.3) is 0 Å². The third kappa shape index (κ3) is 2.51. The van der Waals surface area contributed by atoms with Gasteiger partial charge in [-0.25, -0.2) is 0 Å². The predicted molar refractivity (Wildman–Crippen MR) is 46.2 cm³/mol. The fourth-order valence-corrected chi connectivity index (χ4v) is 1.56. The predicted octanol–water partition coefficient (Wildman–Crippen LogP) is 3.96. The number of rotatable bonds is 2. The zero-order chi connectivity index (χ0) is 12.8. The van der Waals surface area contributed by atoms with E-state index in [4.69, 9.17) is 5.11 Å². The van der Waals surface area contributed by atoms with E-state index in [1.54, 1.807) is 0 Å². The average molecular weight is 265 g/mol. The Morgan fingerprint density at radius 2 is 1.69 bits per heavy atom. The zero-order valence-electron chi connectivity index (χ0n) is 7.24. The number of halogens is 5. The van der Waals surface area contributed by atoms with Crippen molar-refractivity contribution in [2.45, 2.75) is 4.90 Å². The molecule has 92 valence electrons. The van der Waals surface area contributed by atoms with E-state index in [1.807, 2.05) is 0 Å². The Morgan fingerprint density at radius 1 is 1.19 bits per heavy atom. The second-order valence-electron chi connectivity index (χ2n) is 2.88. The van der Waals surface area contributed by atoms with Crippen molar-refractivity contribution in [1.29, 1.82) is 0 Å². The first-order valence-corrected chi connectivity index (χ1v) is 5.48. The van der Waals surface area contributed by atoms with E-state index in [0.29, 0.717) is 0 Å². The van der Waals surface area contributed by atoms with E-state index >= 15 is 0 Å². The Kier molecular flexibility index (Phi) is 2.00. The van der Waals surface area contributed by atoms with Gasteiger partial charge in [-0.1, -0.05) is 19.4 Å². The maximum absolute atomic E-state index is 12.2. The second-order valence-corrected chi connectivity index (χ2v) is 5.29. The first kappa shape index (κ1) is 12.5. The summed E-state index contributed by atoms with van der Waals surface area (Å²) in [5, 5.41) is 18.9. The fourth-order valence-electron chi connectivity index (χ4n) is 0.898. The average Bonchev–Trinajstić information content (AvgIpc) is 1.98. The number of hydrogen-bond acceptors (Lipinski definition) is 3. The number of phenols is 1. The van der Waals surface area contributed by atoms with Crippen molar-refractivity contribution < 1.29 is 29.5 Å². The number of nitro groups is 1. The highest BCUT2D eigenvalue weighted by Crippen LogP contribution is 3.02. The number of hydrogen-bond donors (Lipinski definition) is 1. The van der Waals surface area contributed by atoms with Gasteiger partial charge in [0, 0.05) is 12.1 Å². The fraction of sp³-hybridized carbons (Fsp3) is 0. The van der Waals surface area contributed by atoms with Gasteiger partial charge >= 0.3 is 15.9 Å². The Morgan fingerprint density at radius 3 is 2.00 bits per heavy atom. The normalized spacial score (nSPS) is 16.3. The van der Waals surface area contributed by atoms with Crippen LogP contribution in [-0.4, -0.2) is 10.0 Å². The van der Waals surface area contributed by atoms with Crippen molar-refractivity contribution in [2.24, 2.45) is 0 Å². The molecule has 0 radical (unpaired) electrons. The molecule has 0 bridgehead atoms. The highest BCUT2D eigenvalue weighted by molar-refractivity contribution is 8.45. The van der Waals surface area contributed by atoms with Gasteiger partial charge in [-0.2, -0.15) is 0 Å². The summed E-state index contributed by atoms with van der Waals surface area (Å²) in [4.78, 5) is 6.57. The molecule has 0 saturated heterocycles. The molecule has 0 saturated carbocycles. The van der Waals surface area contributed by atoms with Crippen LogP contribution in [0.5, 0.6) is 5.75 Å². The van der Waals surface area contributed by atoms with Gasteiger partial charge in [-0.15, -0.1) is 0 Å². The van der Waals surface area contributed by atoms with E-state index < -0.39 is 31.5 Å². The topological polar surface area (TPSA) is 63.4 Å². The molecule has 0 aliphatic rings. The first-order chi connectivity index (χ1) is 6.81. The summed E-state index contributed by atoms with van der Waals surface area (Å²) < 4.78 is 60.9. The Bertz CT molecular complexity index is 470. The lowest BCUT2D eigenvalue weighted by atomic mass is 10.3. The zero-order valence-corrected chi connectivity index (χ0v) is 8.06. The van der Waals surface area contributed by atoms with Crippen LogP contribution >= 0.6 is 10.2 Å². The molecule has 0 atom stereocenters. The smallest absolute Gasteiger partial charge is 0.310 e. The quantitative estimate of drug-likeness (QED) is 0.500. The van der Waals surface area contributed by atoms with Crippen molar-refractivity contribution in [3.8, 4) is 5.75 Å². The van der Waals surface area contributed by atoms with Crippen molar-refractivity contribution in [2.75, 3.05) is 0 Å². The summed E-state index contributed by atoms with van der Waals surface area (Å²) in [6.07, 6.45) is 0. The molecule has 10 heteroatoms. The minimum Gasteiger partial charge on any atom is -0.502 e. The molecule has 0 fully saturated rings. The summed E-state index contributed by atoms with van der Waals surface area (Å²) >= 11 is 0. The minimum atomic E-state index is -9.91. The van der Waals surface area contributed by atoms with E-state index in [-0.39, 0.29) is 18.2 Å². The number of aromatic hydroxyl groups is 1. The molecule has 0 spiro atoms. The molecule has 1 aromatic rings. The Hall–Kier alpha value is -1.58. The van der Waals surface area contributed by atoms with Gasteiger partial charge in [0.1, 0.15) is 4.90 Å². The van der Waals surface area contributed by atoms with E-state index in [0.717, 1.165) is 0 Å². The lowest BCUT2D eigenvalue weighted by molar-refractivity contribution is -0.385. The third-order valence-electron chi connectivity index (χ3n) is 1.59. The Labute approximate surface area is 85.2 Å². The molecule has 0 unspecified atom stereocenters. The van der Waals surface area contributed by atoms with E-state index in [9.17, 15) is 29.5 Å². The standard InChI is InChI=1S/C6H4F5NO3S/c7-16(8,9,10,11)4-1-2-5(12(14)15)6(13)3-4/h1-3,13H. The van der Waals surface area contributed by atoms with Gasteiger partial charge < -0.3 is 5.11 Å². The van der Waals surface area contributed by atoms with Gasteiger partial charge in [-0.05, 0) is 6.07 Å². The number of phenolic OH excluding ortho intramolecular Hbond substituents is 1. The van der Waals surface area contributed by atoms with Crippen LogP contribution in [0.3, 0.4) is 0 Å². The van der Waals surface area contributed by atoms with E-state index in [1.165, 1.54) is 0 Å². The molecule has 16 heavy (non-hydrogen) atoms. The summed E-state index contributed by atoms with van der Waals surface area (Å²) in [6, 6.07) is -0.332. The van der Waals surface area contributed by atoms with Gasteiger partial charge in [0.05, 0.1) is 4.92 Å². The number of nitro benzene ring substituents is 1. The molecular formula is C6H4F5NO3S. The van der Waals surface area contributed by atoms with Crippen LogP contribution in [0.1, 0.15) is 0 Å². The molecule has 1 rings (SSSR count). The molecule has 0 aromatic heterocycles. The van der Waals surface area contributed by atoms with Gasteiger partial charge in [0.15, 0.2) is 5.75 Å². The second kappa shape index (κ2) is 2.56. The van der Waals surface area contributed by atoms with Crippen LogP contribution in [0, 0.1) is 10.1 Å². The molecule has 4 nitrogen and oxygen atoms in total. The van der Waals surface area contributed by atoms with Crippen LogP contribution in [0.15, 0.2) is 23.1 Å². The lowest BCUT2D eigenvalue weighted by Crippen LogP contribution is -2.06. The lowest BCUT2D eigenvalue weighted by Gasteiger charge is -2.40. The summed E-state index contributed by atoms with van der Waals surface area (Å²) in [5.41, 5.74) is -1.08. The van der Waals surface area contributed by atoms with Crippen molar-refractivity contribution in [1.82, 2.24) is 0 Å². The van der Waals surface area contributed by atoms with Crippen molar-refractivity contribution in [3.63, 3.8) is 0 Å². The molecule has 0 aliphatic carbocycles. The van der Waals surface area contributed by atoms with Crippen molar-refractivity contribution >= 4 is 15.9 Å². The maximum atomic E-state index is 12.2. The highest BCUT2D eigenvalue weighted by Gasteiger charge is 2.65. The minimum absolute atomic E-state index is 0.139. The summed E-state index contributed by atoms with van der Waals surface area (Å²) in [7, 11) is -9.91. The Balaban J connectivity index is 3.45. The SMILES string of the molecule is O=[N+]([O-])c1ccc(S(F)(F)(F)(F)F)cc1O. The van der Waals surface area contributed by atoms with Gasteiger partial charge in [-0.3, -0.25) is 10.1 Å². The monoisotopic (exact) mass is 265 g/mol. The summed E-state index contributed by atoms with van der Waals surface area (Å²) in [6.45, 7) is 0. The summed E-state index contributed by atoms with van der Waals surface area (Å²) in [5.74, 6) is -1.46. The van der Waals surface area contributed by atoms with Crippen LogP contribution < -0.4 is 0 Å². The molecule has 1 N–H and O–H groups in total. The molecular weight excluding hydrogens is 261 g/mol. The molecule has 1 aromatic carbocycles. The first-order valence-electron chi connectivity index (χ1n) is 3.53. The largest absolute Gasteiger partial charge is 0.502 e. The third-order valence-corrected chi connectivity index (χ3v) is 2.73. The van der Waals surface area contributed by atoms with Crippen LogP contribution in [-0.2, 0) is 0 Å². The maximum Gasteiger partial charge on any atom is 0.310 e. The molecule has 0 aliphatic heterocycles. The van der Waals surface area contributed by atoms with Crippen LogP contribution in [0.2, 0.25) is 0 Å². The van der Waals surface area contributed by atoms with E-state index in [2.05, 4.69) is 0 Å². The molecule has 0 amide bonds. The van der Waals surface area contributed by atoms with Crippen LogP contribution in [0.25, 0.3) is 0 Å². The van der Waals surface area contributed by atoms with Gasteiger partial charge in [0.2, 0.25) is 0 Å². The number of nitrogens with zero attached hydrogens (tertiary/aromatic N) is 1. The number of benzene rings is 1. The van der Waals surface area contributed by atoms with Crippen molar-refractivity contribution in [3.05, 3.63) is 28.3 Å². The highest BCUT2D eigenvalue weighted by atomic mass is 32.5. The van der Waals surface area contributed by atoms with Crippen LogP contribution in [0.4, 0.5) is 25.1 Å². The molecule has 0 heterocycles.